The first kappa shape index (κ1) is 20.0. The van der Waals surface area contributed by atoms with Crippen molar-refractivity contribution < 1.29 is 4.79 Å². The van der Waals surface area contributed by atoms with Crippen LogP contribution in [-0.2, 0) is 4.79 Å². The summed E-state index contributed by atoms with van der Waals surface area (Å²) in [5.74, 6) is 3.66. The molecule has 4 aliphatic carbocycles. The molecular formula is C27H34OS2. The number of Topliss-reactive ketones (excluding diaryl/α,β-unsaturated/α-hetero) is 1. The van der Waals surface area contributed by atoms with Crippen LogP contribution in [0.15, 0.2) is 37.8 Å². The van der Waals surface area contributed by atoms with Crippen molar-refractivity contribution in [2.75, 3.05) is 0 Å². The first-order valence-electron chi connectivity index (χ1n) is 12.1. The highest BCUT2D eigenvalue weighted by Gasteiger charge is 2.61. The van der Waals surface area contributed by atoms with Crippen molar-refractivity contribution in [1.29, 1.82) is 0 Å². The predicted molar refractivity (Wildman–Crippen MR) is 127 cm³/mol. The van der Waals surface area contributed by atoms with Gasteiger partial charge in [0.2, 0.25) is 0 Å². The zero-order chi connectivity index (χ0) is 20.7. The summed E-state index contributed by atoms with van der Waals surface area (Å²) >= 11 is 3.72. The SMILES string of the molecule is Cc1ccc2c(c1)S/C(=C1/C[C@@H]3[C@@H]4CC[C@@H]5CCCC[C@]5(C)[C@H]4CC[C@]3(C)C1=O)S2. The summed E-state index contributed by atoms with van der Waals surface area (Å²) in [6.07, 6.45) is 12.0. The topological polar surface area (TPSA) is 17.1 Å². The molecule has 0 amide bonds. The Hall–Kier alpha value is -0.670. The highest BCUT2D eigenvalue weighted by Crippen LogP contribution is 2.67. The van der Waals surface area contributed by atoms with Crippen LogP contribution in [0, 0.1) is 41.4 Å². The molecule has 1 heterocycles. The van der Waals surface area contributed by atoms with E-state index in [9.17, 15) is 4.79 Å². The molecule has 0 N–H and O–H groups in total. The first-order valence-corrected chi connectivity index (χ1v) is 13.8. The lowest BCUT2D eigenvalue weighted by atomic mass is 9.45. The summed E-state index contributed by atoms with van der Waals surface area (Å²) in [4.78, 5) is 16.5. The third-order valence-electron chi connectivity index (χ3n) is 9.94. The van der Waals surface area contributed by atoms with Crippen LogP contribution in [0.4, 0.5) is 0 Å². The van der Waals surface area contributed by atoms with E-state index in [0.717, 1.165) is 30.6 Å². The van der Waals surface area contributed by atoms with Crippen LogP contribution in [0.1, 0.15) is 77.2 Å². The van der Waals surface area contributed by atoms with Crippen LogP contribution < -0.4 is 0 Å². The van der Waals surface area contributed by atoms with Crippen molar-refractivity contribution in [3.05, 3.63) is 33.6 Å². The number of carbonyl (C=O) groups excluding carboxylic acids is 1. The Balaban J connectivity index is 1.33. The molecule has 0 unspecified atom stereocenters. The minimum Gasteiger partial charge on any atom is -0.294 e. The lowest BCUT2D eigenvalue weighted by molar-refractivity contribution is -0.137. The lowest BCUT2D eigenvalue weighted by Crippen LogP contribution is -2.52. The van der Waals surface area contributed by atoms with Crippen molar-refractivity contribution in [3.8, 4) is 0 Å². The van der Waals surface area contributed by atoms with E-state index >= 15 is 0 Å². The van der Waals surface area contributed by atoms with Gasteiger partial charge in [0.25, 0.3) is 0 Å². The molecule has 1 aliphatic heterocycles. The van der Waals surface area contributed by atoms with Gasteiger partial charge in [0.05, 0.1) is 4.24 Å². The lowest BCUT2D eigenvalue weighted by Gasteiger charge is -2.59. The summed E-state index contributed by atoms with van der Waals surface area (Å²) in [6.45, 7) is 7.13. The average molecular weight is 439 g/mol. The molecule has 0 radical (unpaired) electrons. The Labute approximate surface area is 190 Å². The van der Waals surface area contributed by atoms with E-state index in [1.165, 1.54) is 70.1 Å². The van der Waals surface area contributed by atoms with Gasteiger partial charge in [-0.1, -0.05) is 56.3 Å². The van der Waals surface area contributed by atoms with E-state index in [1.807, 2.05) is 23.5 Å². The maximum atomic E-state index is 13.8. The average Bonchev–Trinajstić information content (AvgIpc) is 3.25. The smallest absolute Gasteiger partial charge is 0.166 e. The van der Waals surface area contributed by atoms with E-state index in [-0.39, 0.29) is 5.41 Å². The van der Waals surface area contributed by atoms with Gasteiger partial charge in [-0.2, -0.15) is 0 Å². The second kappa shape index (κ2) is 6.91. The zero-order valence-electron chi connectivity index (χ0n) is 18.6. The Kier molecular flexibility index (Phi) is 4.60. The standard InChI is InChI=1S/C27H34OS2/c1-16-7-10-22-23(14-16)30-25(29-22)19-15-21-18-9-8-17-6-4-5-12-26(17,2)20(18)11-13-27(21,3)24(19)28/h7,10,14,17-18,20-21H,4-6,8-9,11-13,15H2,1-3H3/b25-19-/t17-,18+,20-,21+,26-,27-/m0/s1. The van der Waals surface area contributed by atoms with E-state index in [1.54, 1.807) is 0 Å². The van der Waals surface area contributed by atoms with Gasteiger partial charge in [-0.25, -0.2) is 0 Å². The zero-order valence-corrected chi connectivity index (χ0v) is 20.3. The number of hydrogen-bond donors (Lipinski definition) is 0. The summed E-state index contributed by atoms with van der Waals surface area (Å²) in [6, 6.07) is 6.73. The second-order valence-electron chi connectivity index (χ2n) is 11.3. The number of benzene rings is 1. The minimum atomic E-state index is -0.104. The van der Waals surface area contributed by atoms with E-state index in [2.05, 4.69) is 39.0 Å². The molecule has 6 atom stereocenters. The molecule has 4 fully saturated rings. The Morgan fingerprint density at radius 2 is 1.77 bits per heavy atom. The molecule has 0 bridgehead atoms. The number of fused-ring (bicyclic) bond motifs is 6. The minimum absolute atomic E-state index is 0.104. The number of thioether (sulfide) groups is 2. The molecule has 4 saturated carbocycles. The normalized spacial score (nSPS) is 45.0. The van der Waals surface area contributed by atoms with Gasteiger partial charge in [0, 0.05) is 20.8 Å². The molecule has 5 aliphatic rings. The third-order valence-corrected chi connectivity index (χ3v) is 12.6. The molecule has 160 valence electrons. The van der Waals surface area contributed by atoms with Crippen molar-refractivity contribution >= 4 is 29.3 Å². The van der Waals surface area contributed by atoms with Gasteiger partial charge in [0.1, 0.15) is 0 Å². The predicted octanol–water partition coefficient (Wildman–Crippen LogP) is 8.02. The van der Waals surface area contributed by atoms with Crippen molar-refractivity contribution in [2.45, 2.75) is 88.3 Å². The van der Waals surface area contributed by atoms with Crippen LogP contribution >= 0.6 is 23.5 Å². The van der Waals surface area contributed by atoms with Gasteiger partial charge in [-0.3, -0.25) is 4.79 Å². The molecule has 0 saturated heterocycles. The van der Waals surface area contributed by atoms with E-state index in [0.29, 0.717) is 17.1 Å². The highest BCUT2D eigenvalue weighted by molar-refractivity contribution is 8.24. The quantitative estimate of drug-likeness (QED) is 0.382. The van der Waals surface area contributed by atoms with Gasteiger partial charge < -0.3 is 0 Å². The number of ketones is 1. The Morgan fingerprint density at radius 3 is 2.63 bits per heavy atom. The first-order chi connectivity index (χ1) is 14.4. The summed E-state index contributed by atoms with van der Waals surface area (Å²) < 4.78 is 1.30. The number of allylic oxidation sites excluding steroid dienone is 1. The molecule has 0 aromatic heterocycles. The molecule has 1 aromatic rings. The third kappa shape index (κ3) is 2.73. The van der Waals surface area contributed by atoms with Crippen molar-refractivity contribution in [1.82, 2.24) is 0 Å². The van der Waals surface area contributed by atoms with Gasteiger partial charge >= 0.3 is 0 Å². The molecule has 0 spiro atoms. The van der Waals surface area contributed by atoms with Gasteiger partial charge in [0.15, 0.2) is 5.78 Å². The van der Waals surface area contributed by atoms with Crippen LogP contribution in [0.3, 0.4) is 0 Å². The molecule has 1 nitrogen and oxygen atoms in total. The number of aryl methyl sites for hydroxylation is 1. The summed E-state index contributed by atoms with van der Waals surface area (Å²) in [5.41, 5.74) is 2.94. The van der Waals surface area contributed by atoms with Crippen LogP contribution in [0.2, 0.25) is 0 Å². The fraction of sp³-hybridized carbons (Fsp3) is 0.667. The van der Waals surface area contributed by atoms with Gasteiger partial charge in [-0.05, 0) is 98.7 Å². The van der Waals surface area contributed by atoms with Crippen molar-refractivity contribution in [3.63, 3.8) is 0 Å². The monoisotopic (exact) mass is 438 g/mol. The fourth-order valence-corrected chi connectivity index (χ4v) is 10.9. The second-order valence-corrected chi connectivity index (χ2v) is 13.7. The van der Waals surface area contributed by atoms with Crippen LogP contribution in [0.25, 0.3) is 0 Å². The molecule has 3 heteroatoms. The van der Waals surface area contributed by atoms with Crippen molar-refractivity contribution in [2.24, 2.45) is 34.5 Å². The number of hydrogen-bond acceptors (Lipinski definition) is 3. The molecular weight excluding hydrogens is 404 g/mol. The summed E-state index contributed by atoms with van der Waals surface area (Å²) in [7, 11) is 0. The largest absolute Gasteiger partial charge is 0.294 e. The number of carbonyl (C=O) groups is 1. The Morgan fingerprint density at radius 1 is 0.933 bits per heavy atom. The van der Waals surface area contributed by atoms with Crippen LogP contribution in [-0.4, -0.2) is 5.78 Å². The number of rotatable bonds is 0. The van der Waals surface area contributed by atoms with Crippen LogP contribution in [0.5, 0.6) is 0 Å². The maximum absolute atomic E-state index is 13.8. The Bertz CT molecular complexity index is 948. The fourth-order valence-electron chi connectivity index (χ4n) is 8.23. The molecule has 30 heavy (non-hydrogen) atoms. The highest BCUT2D eigenvalue weighted by atomic mass is 32.2. The van der Waals surface area contributed by atoms with E-state index in [4.69, 9.17) is 0 Å². The maximum Gasteiger partial charge on any atom is 0.166 e. The van der Waals surface area contributed by atoms with E-state index < -0.39 is 0 Å². The van der Waals surface area contributed by atoms with Gasteiger partial charge in [-0.15, -0.1) is 0 Å². The molecule has 1 aromatic carbocycles. The summed E-state index contributed by atoms with van der Waals surface area (Å²) in [5, 5.41) is 0. The molecule has 6 rings (SSSR count).